The van der Waals surface area contributed by atoms with Crippen molar-refractivity contribution in [3.8, 4) is 5.75 Å². The van der Waals surface area contributed by atoms with E-state index in [2.05, 4.69) is 11.0 Å². The van der Waals surface area contributed by atoms with E-state index in [-0.39, 0.29) is 31.2 Å². The van der Waals surface area contributed by atoms with Gasteiger partial charge in [-0.05, 0) is 48.6 Å². The minimum atomic E-state index is -0.348. The first kappa shape index (κ1) is 27.0. The quantitative estimate of drug-likeness (QED) is 0.380. The lowest BCUT2D eigenvalue weighted by Gasteiger charge is -2.35. The van der Waals surface area contributed by atoms with Crippen LogP contribution in [0.1, 0.15) is 31.2 Å². The van der Waals surface area contributed by atoms with Gasteiger partial charge in [0.15, 0.2) is 12.1 Å². The summed E-state index contributed by atoms with van der Waals surface area (Å²) in [5, 5.41) is 5.70. The highest BCUT2D eigenvalue weighted by Gasteiger charge is 2.35. The van der Waals surface area contributed by atoms with E-state index < -0.39 is 0 Å². The van der Waals surface area contributed by atoms with Gasteiger partial charge in [0.1, 0.15) is 5.75 Å². The van der Waals surface area contributed by atoms with Crippen LogP contribution in [0.3, 0.4) is 0 Å². The maximum atomic E-state index is 13.6. The van der Waals surface area contributed by atoms with Crippen LogP contribution >= 0.6 is 0 Å². The average Bonchev–Trinajstić information content (AvgIpc) is 3.31. The van der Waals surface area contributed by atoms with Gasteiger partial charge in [-0.3, -0.25) is 19.3 Å². The summed E-state index contributed by atoms with van der Waals surface area (Å²) in [5.74, 6) is 1.68. The fourth-order valence-electron chi connectivity index (χ4n) is 5.68. The second-order valence-corrected chi connectivity index (χ2v) is 10.2. The molecule has 0 unspecified atom stereocenters. The number of piperidine rings is 1. The fraction of sp³-hybridized carbons (Fsp3) is 0.483. The molecule has 0 N–H and O–H groups in total. The number of rotatable bonds is 9. The van der Waals surface area contributed by atoms with Gasteiger partial charge in [0.05, 0.1) is 24.9 Å². The van der Waals surface area contributed by atoms with Gasteiger partial charge in [-0.25, -0.2) is 4.79 Å². The van der Waals surface area contributed by atoms with E-state index in [1.807, 2.05) is 48.1 Å². The number of fused-ring (bicyclic) bond motifs is 1. The molecule has 3 amide bonds. The fourth-order valence-corrected chi connectivity index (χ4v) is 5.68. The maximum Gasteiger partial charge on any atom is 0.332 e. The Kier molecular flexibility index (Phi) is 8.04. The van der Waals surface area contributed by atoms with Crippen molar-refractivity contribution in [1.29, 1.82) is 0 Å². The van der Waals surface area contributed by atoms with Gasteiger partial charge in [0.2, 0.25) is 5.91 Å². The molecule has 10 heteroatoms. The van der Waals surface area contributed by atoms with E-state index in [0.717, 1.165) is 60.3 Å². The van der Waals surface area contributed by atoms with Gasteiger partial charge in [-0.2, -0.15) is 5.10 Å². The Balaban J connectivity index is 1.36. The largest absolute Gasteiger partial charge is 0.497 e. The lowest BCUT2D eigenvalue weighted by atomic mass is 9.93. The molecule has 208 valence electrons. The summed E-state index contributed by atoms with van der Waals surface area (Å²) >= 11 is 0. The molecule has 0 bridgehead atoms. The number of hydrogen-bond donors (Lipinski definition) is 0. The number of imide groups is 1. The highest BCUT2D eigenvalue weighted by molar-refractivity contribution is 6.10. The number of carbonyl (C=O) groups is 2. The number of aromatic nitrogens is 2. The smallest absolute Gasteiger partial charge is 0.332 e. The third kappa shape index (κ3) is 5.44. The van der Waals surface area contributed by atoms with Gasteiger partial charge >= 0.3 is 6.03 Å². The lowest BCUT2D eigenvalue weighted by molar-refractivity contribution is -0.129. The number of benzene rings is 2. The Hall–Kier alpha value is -3.63. The monoisotopic (exact) mass is 535 g/mol. The van der Waals surface area contributed by atoms with Crippen LogP contribution in [-0.4, -0.2) is 73.9 Å². The minimum absolute atomic E-state index is 0.164. The number of methoxy groups -OCH3 is 3. The molecular formula is C29H37N5O5. The first-order valence-corrected chi connectivity index (χ1v) is 13.4. The summed E-state index contributed by atoms with van der Waals surface area (Å²) in [6.45, 7) is 2.36. The zero-order valence-corrected chi connectivity index (χ0v) is 23.1. The predicted molar refractivity (Wildman–Crippen MR) is 149 cm³/mol. The molecule has 3 heterocycles. The zero-order valence-electron chi connectivity index (χ0n) is 23.1. The molecule has 0 radical (unpaired) electrons. The second kappa shape index (κ2) is 11.6. The molecule has 5 rings (SSSR count). The lowest BCUT2D eigenvalue weighted by Crippen LogP contribution is -2.52. The minimum Gasteiger partial charge on any atom is -0.497 e. The van der Waals surface area contributed by atoms with E-state index in [4.69, 9.17) is 19.3 Å². The number of anilines is 2. The van der Waals surface area contributed by atoms with Crippen LogP contribution in [0.4, 0.5) is 16.3 Å². The first-order valence-electron chi connectivity index (χ1n) is 13.4. The Morgan fingerprint density at radius 1 is 0.974 bits per heavy atom. The molecule has 2 saturated heterocycles. The number of hydrogen-bond acceptors (Lipinski definition) is 7. The van der Waals surface area contributed by atoms with Gasteiger partial charge < -0.3 is 19.1 Å². The topological polar surface area (TPSA) is 89.4 Å². The van der Waals surface area contributed by atoms with E-state index in [9.17, 15) is 9.59 Å². The molecule has 0 spiro atoms. The second-order valence-electron chi connectivity index (χ2n) is 10.2. The zero-order chi connectivity index (χ0) is 27.5. The van der Waals surface area contributed by atoms with Crippen LogP contribution in [0.25, 0.3) is 10.9 Å². The molecule has 0 saturated carbocycles. The summed E-state index contributed by atoms with van der Waals surface area (Å²) in [6, 6.07) is 13.2. The number of ether oxygens (including phenoxy) is 3. The number of para-hydroxylation sites is 1. The predicted octanol–water partition coefficient (Wildman–Crippen LogP) is 4.17. The van der Waals surface area contributed by atoms with Crippen LogP contribution < -0.4 is 14.5 Å². The summed E-state index contributed by atoms with van der Waals surface area (Å²) in [4.78, 5) is 31.7. The summed E-state index contributed by atoms with van der Waals surface area (Å²) in [6.07, 6.45) is 3.08. The van der Waals surface area contributed by atoms with E-state index >= 15 is 0 Å². The highest BCUT2D eigenvalue weighted by Crippen LogP contribution is 2.36. The summed E-state index contributed by atoms with van der Waals surface area (Å²) in [7, 11) is 6.89. The molecule has 3 aromatic rings. The van der Waals surface area contributed by atoms with Gasteiger partial charge in [-0.1, -0.05) is 18.2 Å². The highest BCUT2D eigenvalue weighted by atomic mass is 16.7. The van der Waals surface area contributed by atoms with Crippen LogP contribution in [-0.2, 0) is 27.9 Å². The van der Waals surface area contributed by atoms with Gasteiger partial charge in [0.25, 0.3) is 0 Å². The third-order valence-electron chi connectivity index (χ3n) is 7.90. The van der Waals surface area contributed by atoms with E-state index in [0.29, 0.717) is 18.3 Å². The molecule has 0 aliphatic carbocycles. The number of aryl methyl sites for hydroxylation is 1. The number of nitrogens with zero attached hydrogens (tertiary/aromatic N) is 5. The molecule has 39 heavy (non-hydrogen) atoms. The number of carbonyl (C=O) groups excluding carboxylic acids is 2. The molecule has 0 atom stereocenters. The van der Waals surface area contributed by atoms with Crippen molar-refractivity contribution < 1.29 is 23.8 Å². The Bertz CT molecular complexity index is 1310. The SMILES string of the molecule is COc1ccc(CN2C(=O)CCN(c3nn(C)c4c(N5CCC(CC(OC)OC)CC5)cccc34)C2=O)cc1. The van der Waals surface area contributed by atoms with Crippen molar-refractivity contribution in [3.63, 3.8) is 0 Å². The molecule has 10 nitrogen and oxygen atoms in total. The van der Waals surface area contributed by atoms with E-state index in [1.54, 1.807) is 26.2 Å². The van der Waals surface area contributed by atoms with Gasteiger partial charge in [-0.15, -0.1) is 0 Å². The molecule has 2 aromatic carbocycles. The molecule has 2 aliphatic rings. The number of urea groups is 1. The van der Waals surface area contributed by atoms with Crippen molar-refractivity contribution >= 4 is 34.3 Å². The van der Waals surface area contributed by atoms with Crippen molar-refractivity contribution in [3.05, 3.63) is 48.0 Å². The van der Waals surface area contributed by atoms with Crippen molar-refractivity contribution in [2.24, 2.45) is 13.0 Å². The Morgan fingerprint density at radius 2 is 1.69 bits per heavy atom. The Labute approximate surface area is 229 Å². The van der Waals surface area contributed by atoms with Crippen LogP contribution in [0, 0.1) is 5.92 Å². The summed E-state index contributed by atoms with van der Waals surface area (Å²) < 4.78 is 17.9. The average molecular weight is 536 g/mol. The van der Waals surface area contributed by atoms with Crippen molar-refractivity contribution in [1.82, 2.24) is 14.7 Å². The number of amides is 3. The standard InChI is InChI=1S/C29H37N5O5/c1-31-27-23(6-5-7-24(27)32-15-12-20(13-16-32)18-26(38-3)39-4)28(30-31)33-17-14-25(35)34(29(33)36)19-21-8-10-22(37-2)11-9-21/h5-11,20,26H,12-19H2,1-4H3. The normalized spacial score (nSPS) is 17.1. The van der Waals surface area contributed by atoms with Gasteiger partial charge in [0, 0.05) is 59.1 Å². The molecular weight excluding hydrogens is 498 g/mol. The molecule has 2 aliphatic heterocycles. The first-order chi connectivity index (χ1) is 18.9. The summed E-state index contributed by atoms with van der Waals surface area (Å²) in [5.41, 5.74) is 2.96. The van der Waals surface area contributed by atoms with Crippen molar-refractivity contribution in [2.75, 3.05) is 50.8 Å². The van der Waals surface area contributed by atoms with E-state index in [1.165, 1.54) is 4.90 Å². The maximum absolute atomic E-state index is 13.6. The van der Waals surface area contributed by atoms with Crippen LogP contribution in [0.15, 0.2) is 42.5 Å². The van der Waals surface area contributed by atoms with Crippen molar-refractivity contribution in [2.45, 2.75) is 38.5 Å². The molecule has 2 fully saturated rings. The van der Waals surface area contributed by atoms with Crippen LogP contribution in [0.2, 0.25) is 0 Å². The molecule has 1 aromatic heterocycles. The third-order valence-corrected chi connectivity index (χ3v) is 7.90. The van der Waals surface area contributed by atoms with Crippen LogP contribution in [0.5, 0.6) is 5.75 Å². The Morgan fingerprint density at radius 3 is 2.36 bits per heavy atom.